The molecule has 1 aromatic heterocycles. The second-order valence-corrected chi connectivity index (χ2v) is 8.15. The fourth-order valence-corrected chi connectivity index (χ4v) is 4.11. The molecule has 5 nitrogen and oxygen atoms in total. The quantitative estimate of drug-likeness (QED) is 0.646. The third kappa shape index (κ3) is 4.17. The summed E-state index contributed by atoms with van der Waals surface area (Å²) in [5.41, 5.74) is 7.24. The first-order valence-electron chi connectivity index (χ1n) is 10.8. The molecular weight excluding hydrogens is 372 g/mol. The van der Waals surface area contributed by atoms with Gasteiger partial charge in [-0.1, -0.05) is 25.1 Å². The van der Waals surface area contributed by atoms with Crippen molar-refractivity contribution in [1.29, 1.82) is 0 Å². The van der Waals surface area contributed by atoms with E-state index in [0.717, 1.165) is 49.4 Å². The van der Waals surface area contributed by atoms with E-state index >= 15 is 0 Å². The average molecular weight is 403 g/mol. The number of aryl methyl sites for hydroxylation is 3. The maximum Gasteiger partial charge on any atom is 0.259 e. The van der Waals surface area contributed by atoms with Crippen LogP contribution in [0.2, 0.25) is 0 Å². The van der Waals surface area contributed by atoms with Crippen LogP contribution in [0.1, 0.15) is 58.4 Å². The maximum atomic E-state index is 13.2. The fourth-order valence-electron chi connectivity index (χ4n) is 4.11. The number of hydrogen-bond acceptors (Lipinski definition) is 3. The molecule has 0 radical (unpaired) electrons. The summed E-state index contributed by atoms with van der Waals surface area (Å²) < 4.78 is 1.97. The van der Waals surface area contributed by atoms with Gasteiger partial charge in [0.05, 0.1) is 23.1 Å². The van der Waals surface area contributed by atoms with Gasteiger partial charge in [-0.3, -0.25) is 4.79 Å². The number of aromatic nitrogens is 2. The Balaban J connectivity index is 1.70. The van der Waals surface area contributed by atoms with E-state index in [1.807, 2.05) is 16.8 Å². The molecule has 1 amide bonds. The Morgan fingerprint density at radius 2 is 1.83 bits per heavy atom. The number of hydrogen-bond donors (Lipinski definition) is 2. The summed E-state index contributed by atoms with van der Waals surface area (Å²) in [5.74, 6) is 0.210. The SMILES string of the molecule is CCc1ccc(NC(=O)c2cnn(-c3ccc(C)c(C)c3)c2C2CCNCC2)cc1. The Morgan fingerprint density at radius 1 is 1.10 bits per heavy atom. The van der Waals surface area contributed by atoms with Crippen molar-refractivity contribution in [2.75, 3.05) is 18.4 Å². The molecule has 1 saturated heterocycles. The van der Waals surface area contributed by atoms with Crippen molar-refractivity contribution in [1.82, 2.24) is 15.1 Å². The molecule has 2 aromatic carbocycles. The molecule has 1 aliphatic rings. The van der Waals surface area contributed by atoms with Crippen molar-refractivity contribution in [3.63, 3.8) is 0 Å². The molecule has 5 heteroatoms. The monoisotopic (exact) mass is 402 g/mol. The summed E-state index contributed by atoms with van der Waals surface area (Å²) in [7, 11) is 0. The van der Waals surface area contributed by atoms with Crippen molar-refractivity contribution in [3.05, 3.63) is 76.6 Å². The summed E-state index contributed by atoms with van der Waals surface area (Å²) >= 11 is 0. The number of nitrogens with one attached hydrogen (secondary N) is 2. The summed E-state index contributed by atoms with van der Waals surface area (Å²) in [5, 5.41) is 11.1. The highest BCUT2D eigenvalue weighted by molar-refractivity contribution is 6.05. The smallest absolute Gasteiger partial charge is 0.259 e. The first-order chi connectivity index (χ1) is 14.6. The van der Waals surface area contributed by atoms with Crippen LogP contribution in [0.3, 0.4) is 0 Å². The summed E-state index contributed by atoms with van der Waals surface area (Å²) in [6, 6.07) is 14.4. The zero-order chi connectivity index (χ0) is 21.1. The van der Waals surface area contributed by atoms with E-state index in [0.29, 0.717) is 11.5 Å². The van der Waals surface area contributed by atoms with Gasteiger partial charge in [0.15, 0.2) is 0 Å². The second kappa shape index (κ2) is 8.84. The van der Waals surface area contributed by atoms with Gasteiger partial charge in [-0.15, -0.1) is 0 Å². The molecule has 1 fully saturated rings. The van der Waals surface area contributed by atoms with Crippen LogP contribution in [0.25, 0.3) is 5.69 Å². The average Bonchev–Trinajstić information content (AvgIpc) is 3.22. The lowest BCUT2D eigenvalue weighted by Gasteiger charge is -2.25. The van der Waals surface area contributed by atoms with Crippen LogP contribution in [0.4, 0.5) is 5.69 Å². The molecule has 0 unspecified atom stereocenters. The van der Waals surface area contributed by atoms with E-state index in [4.69, 9.17) is 0 Å². The van der Waals surface area contributed by atoms with Gasteiger partial charge in [0, 0.05) is 11.6 Å². The van der Waals surface area contributed by atoms with E-state index in [1.54, 1.807) is 6.20 Å². The predicted octanol–water partition coefficient (Wildman–Crippen LogP) is 4.77. The molecule has 30 heavy (non-hydrogen) atoms. The number of benzene rings is 2. The minimum atomic E-state index is -0.0946. The van der Waals surface area contributed by atoms with Gasteiger partial charge in [0.1, 0.15) is 0 Å². The van der Waals surface area contributed by atoms with E-state index in [1.165, 1.54) is 16.7 Å². The molecule has 2 N–H and O–H groups in total. The largest absolute Gasteiger partial charge is 0.322 e. The summed E-state index contributed by atoms with van der Waals surface area (Å²) in [6.07, 6.45) is 4.71. The third-order valence-corrected chi connectivity index (χ3v) is 6.13. The van der Waals surface area contributed by atoms with Gasteiger partial charge in [0.2, 0.25) is 0 Å². The molecule has 4 rings (SSSR count). The van der Waals surface area contributed by atoms with Crippen molar-refractivity contribution in [2.24, 2.45) is 0 Å². The molecule has 3 aromatic rings. The number of rotatable bonds is 5. The van der Waals surface area contributed by atoms with Gasteiger partial charge in [-0.2, -0.15) is 5.10 Å². The second-order valence-electron chi connectivity index (χ2n) is 8.15. The van der Waals surface area contributed by atoms with Gasteiger partial charge in [-0.05, 0) is 87.2 Å². The van der Waals surface area contributed by atoms with Crippen LogP contribution in [0.5, 0.6) is 0 Å². The Bertz CT molecular complexity index is 1030. The Kier molecular flexibility index (Phi) is 6.00. The normalized spacial score (nSPS) is 14.6. The molecule has 0 saturated carbocycles. The molecule has 2 heterocycles. The predicted molar refractivity (Wildman–Crippen MR) is 122 cm³/mol. The topological polar surface area (TPSA) is 59.0 Å². The van der Waals surface area contributed by atoms with E-state index in [9.17, 15) is 4.79 Å². The molecule has 0 spiro atoms. The summed E-state index contributed by atoms with van der Waals surface area (Å²) in [6.45, 7) is 8.27. The highest BCUT2D eigenvalue weighted by Crippen LogP contribution is 2.31. The van der Waals surface area contributed by atoms with Gasteiger partial charge in [0.25, 0.3) is 5.91 Å². The Labute approximate surface area is 178 Å². The molecule has 0 atom stereocenters. The third-order valence-electron chi connectivity index (χ3n) is 6.13. The van der Waals surface area contributed by atoms with Crippen LogP contribution in [0, 0.1) is 13.8 Å². The number of amides is 1. The van der Waals surface area contributed by atoms with Gasteiger partial charge >= 0.3 is 0 Å². The molecule has 156 valence electrons. The fraction of sp³-hybridized carbons (Fsp3) is 0.360. The van der Waals surface area contributed by atoms with E-state index in [2.05, 4.69) is 66.8 Å². The number of anilines is 1. The van der Waals surface area contributed by atoms with Crippen molar-refractivity contribution in [2.45, 2.75) is 46.0 Å². The van der Waals surface area contributed by atoms with Crippen molar-refractivity contribution in [3.8, 4) is 5.69 Å². The minimum absolute atomic E-state index is 0.0946. The highest BCUT2D eigenvalue weighted by atomic mass is 16.1. The summed E-state index contributed by atoms with van der Waals surface area (Å²) in [4.78, 5) is 13.2. The zero-order valence-corrected chi connectivity index (χ0v) is 18.0. The molecular formula is C25H30N4O. The molecule has 0 bridgehead atoms. The van der Waals surface area contributed by atoms with Crippen LogP contribution < -0.4 is 10.6 Å². The molecule has 1 aliphatic heterocycles. The first-order valence-corrected chi connectivity index (χ1v) is 10.8. The molecule has 0 aliphatic carbocycles. The van der Waals surface area contributed by atoms with Gasteiger partial charge in [-0.25, -0.2) is 4.68 Å². The number of carbonyl (C=O) groups is 1. The lowest BCUT2D eigenvalue weighted by Crippen LogP contribution is -2.29. The standard InChI is InChI=1S/C25H30N4O/c1-4-19-6-8-21(9-7-19)28-25(30)23-16-27-29(22-10-5-17(2)18(3)15-22)24(23)20-11-13-26-14-12-20/h5-10,15-16,20,26H,4,11-14H2,1-3H3,(H,28,30). The first kappa shape index (κ1) is 20.4. The van der Waals surface area contributed by atoms with Crippen LogP contribution in [-0.2, 0) is 6.42 Å². The number of nitrogens with zero attached hydrogens (tertiary/aromatic N) is 2. The zero-order valence-electron chi connectivity index (χ0n) is 18.0. The highest BCUT2D eigenvalue weighted by Gasteiger charge is 2.27. The van der Waals surface area contributed by atoms with Crippen LogP contribution in [-0.4, -0.2) is 28.8 Å². The maximum absolute atomic E-state index is 13.2. The van der Waals surface area contributed by atoms with Gasteiger partial charge < -0.3 is 10.6 Å². The number of carbonyl (C=O) groups excluding carboxylic acids is 1. The number of piperidine rings is 1. The Hall–Kier alpha value is -2.92. The van der Waals surface area contributed by atoms with Crippen molar-refractivity contribution >= 4 is 11.6 Å². The Morgan fingerprint density at radius 3 is 2.50 bits per heavy atom. The van der Waals surface area contributed by atoms with E-state index in [-0.39, 0.29) is 5.91 Å². The van der Waals surface area contributed by atoms with E-state index < -0.39 is 0 Å². The minimum Gasteiger partial charge on any atom is -0.322 e. The van der Waals surface area contributed by atoms with Crippen LogP contribution in [0.15, 0.2) is 48.7 Å². The van der Waals surface area contributed by atoms with Crippen LogP contribution >= 0.6 is 0 Å². The lowest BCUT2D eigenvalue weighted by atomic mass is 9.91. The lowest BCUT2D eigenvalue weighted by molar-refractivity contribution is 0.102. The van der Waals surface area contributed by atoms with Crippen molar-refractivity contribution < 1.29 is 4.79 Å².